The molecule has 4 atom stereocenters. The van der Waals surface area contributed by atoms with Gasteiger partial charge in [-0.3, -0.25) is 29.4 Å². The van der Waals surface area contributed by atoms with Gasteiger partial charge in [-0.05, 0) is 18.6 Å². The van der Waals surface area contributed by atoms with Crippen LogP contribution in [0.4, 0.5) is 11.4 Å². The Morgan fingerprint density at radius 2 is 1.82 bits per heavy atom. The molecule has 3 aliphatic rings. The van der Waals surface area contributed by atoms with E-state index in [1.807, 2.05) is 42.2 Å². The van der Waals surface area contributed by atoms with Crippen molar-refractivity contribution in [3.63, 3.8) is 0 Å². The van der Waals surface area contributed by atoms with E-state index in [4.69, 9.17) is 4.74 Å². The van der Waals surface area contributed by atoms with Gasteiger partial charge in [-0.15, -0.1) is 0 Å². The van der Waals surface area contributed by atoms with Crippen molar-refractivity contribution in [2.75, 3.05) is 25.2 Å². The lowest BCUT2D eigenvalue weighted by atomic mass is 9.85. The number of para-hydroxylation sites is 1. The first-order valence-corrected chi connectivity index (χ1v) is 11.0. The van der Waals surface area contributed by atoms with Gasteiger partial charge in [0.05, 0.1) is 36.0 Å². The number of amides is 2. The number of likely N-dealkylation sites (tertiary alicyclic amines) is 1. The molecule has 9 heteroatoms. The number of fused-ring (bicyclic) bond motifs is 5. The van der Waals surface area contributed by atoms with E-state index in [1.165, 1.54) is 36.3 Å². The van der Waals surface area contributed by atoms with Crippen molar-refractivity contribution in [3.8, 4) is 0 Å². The molecule has 2 aromatic carbocycles. The third-order valence-electron chi connectivity index (χ3n) is 6.98. The number of hydrogen-bond donors (Lipinski definition) is 0. The molecule has 0 N–H and O–H groups in total. The number of allylic oxidation sites excluding steroid dienone is 1. The van der Waals surface area contributed by atoms with Crippen LogP contribution in [0.15, 0.2) is 54.6 Å². The van der Waals surface area contributed by atoms with Crippen LogP contribution >= 0.6 is 0 Å². The first kappa shape index (κ1) is 22.0. The topological polar surface area (TPSA) is 110 Å². The van der Waals surface area contributed by atoms with Crippen LogP contribution in [0.5, 0.6) is 0 Å². The van der Waals surface area contributed by atoms with Gasteiger partial charge in [0.15, 0.2) is 5.78 Å². The molecule has 9 nitrogen and oxygen atoms in total. The summed E-state index contributed by atoms with van der Waals surface area (Å²) in [7, 11) is 1.49. The average Bonchev–Trinajstić information content (AvgIpc) is 3.30. The SMILES string of the molecule is COCCN1C(=O)[C@@H]2[C@H](C1=O)[C@H]1C=C(C)c3ccccc3N1[C@H]2C(=O)c1cccc([N+](=O)[O-])c1. The van der Waals surface area contributed by atoms with E-state index in [0.29, 0.717) is 0 Å². The maximum Gasteiger partial charge on any atom is 0.270 e. The van der Waals surface area contributed by atoms with E-state index >= 15 is 0 Å². The summed E-state index contributed by atoms with van der Waals surface area (Å²) in [5, 5.41) is 11.3. The van der Waals surface area contributed by atoms with Gasteiger partial charge in [-0.2, -0.15) is 0 Å². The van der Waals surface area contributed by atoms with Crippen LogP contribution in [0.25, 0.3) is 5.57 Å². The van der Waals surface area contributed by atoms with Crippen LogP contribution in [0.1, 0.15) is 22.8 Å². The largest absolute Gasteiger partial charge is 0.383 e. The summed E-state index contributed by atoms with van der Waals surface area (Å²) in [6.07, 6.45) is 1.95. The van der Waals surface area contributed by atoms with Gasteiger partial charge < -0.3 is 9.64 Å². The highest BCUT2D eigenvalue weighted by Crippen LogP contribution is 2.50. The minimum absolute atomic E-state index is 0.116. The van der Waals surface area contributed by atoms with Crippen molar-refractivity contribution >= 4 is 34.5 Å². The highest BCUT2D eigenvalue weighted by atomic mass is 16.6. The van der Waals surface area contributed by atoms with Crippen molar-refractivity contribution in [1.82, 2.24) is 4.90 Å². The lowest BCUT2D eigenvalue weighted by molar-refractivity contribution is -0.384. The van der Waals surface area contributed by atoms with Gasteiger partial charge in [0, 0.05) is 36.1 Å². The van der Waals surface area contributed by atoms with Gasteiger partial charge in [0.1, 0.15) is 6.04 Å². The highest BCUT2D eigenvalue weighted by Gasteiger charge is 2.64. The molecule has 2 aromatic rings. The molecule has 3 aliphatic heterocycles. The standard InChI is InChI=1S/C25H23N3O6/c1-14-12-19-20-21(25(31)26(24(20)30)10-11-34-2)22(27(19)18-9-4-3-8-17(14)18)23(29)15-6-5-7-16(13-15)28(32)33/h3-9,12-13,19-22H,10-11H2,1-2H3/t19-,20-,21-,22-/m1/s1. The number of anilines is 1. The molecule has 0 aliphatic carbocycles. The van der Waals surface area contributed by atoms with Crippen molar-refractivity contribution in [2.45, 2.75) is 19.0 Å². The molecule has 5 rings (SSSR count). The number of carbonyl (C=O) groups is 3. The van der Waals surface area contributed by atoms with Crippen molar-refractivity contribution < 1.29 is 24.0 Å². The summed E-state index contributed by atoms with van der Waals surface area (Å²) >= 11 is 0. The molecule has 0 unspecified atom stereocenters. The molecular formula is C25H23N3O6. The minimum atomic E-state index is -0.966. The maximum atomic E-state index is 13.9. The summed E-state index contributed by atoms with van der Waals surface area (Å²) in [6, 6.07) is 11.6. The number of carbonyl (C=O) groups excluding carboxylic acids is 3. The average molecular weight is 461 g/mol. The molecule has 0 radical (unpaired) electrons. The lowest BCUT2D eigenvalue weighted by Gasteiger charge is -2.38. The number of non-ortho nitro benzene ring substituents is 1. The van der Waals surface area contributed by atoms with E-state index in [0.717, 1.165) is 16.8 Å². The van der Waals surface area contributed by atoms with Gasteiger partial charge in [0.2, 0.25) is 11.8 Å². The quantitative estimate of drug-likeness (QED) is 0.282. The lowest BCUT2D eigenvalue weighted by Crippen LogP contribution is -2.49. The van der Waals surface area contributed by atoms with Crippen molar-refractivity contribution in [3.05, 3.63) is 75.8 Å². The van der Waals surface area contributed by atoms with E-state index in [-0.39, 0.29) is 30.3 Å². The fraction of sp³-hybridized carbons (Fsp3) is 0.320. The van der Waals surface area contributed by atoms with Crippen molar-refractivity contribution in [1.29, 1.82) is 0 Å². The number of imide groups is 1. The zero-order valence-electron chi connectivity index (χ0n) is 18.7. The van der Waals surface area contributed by atoms with E-state index in [9.17, 15) is 24.5 Å². The van der Waals surface area contributed by atoms with Crippen LogP contribution in [0.2, 0.25) is 0 Å². The van der Waals surface area contributed by atoms with Gasteiger partial charge in [-0.1, -0.05) is 36.4 Å². The summed E-state index contributed by atoms with van der Waals surface area (Å²) < 4.78 is 5.07. The Morgan fingerprint density at radius 1 is 1.09 bits per heavy atom. The maximum absolute atomic E-state index is 13.9. The predicted octanol–water partition coefficient (Wildman–Crippen LogP) is 2.70. The first-order chi connectivity index (χ1) is 16.3. The number of nitro benzene ring substituents is 1. The first-order valence-electron chi connectivity index (χ1n) is 11.0. The number of Topliss-reactive ketones (excluding diaryl/α,β-unsaturated/α-hetero) is 1. The molecule has 2 fully saturated rings. The molecule has 0 aromatic heterocycles. The molecular weight excluding hydrogens is 438 g/mol. The molecule has 0 spiro atoms. The fourth-order valence-corrected chi connectivity index (χ4v) is 5.51. The Kier molecular flexibility index (Phi) is 5.28. The zero-order valence-corrected chi connectivity index (χ0v) is 18.7. The number of ketones is 1. The van der Waals surface area contributed by atoms with Crippen LogP contribution in [-0.4, -0.2) is 59.8 Å². The number of nitrogens with zero attached hydrogens (tertiary/aromatic N) is 3. The molecule has 2 saturated heterocycles. The molecule has 34 heavy (non-hydrogen) atoms. The number of rotatable bonds is 6. The Hall–Kier alpha value is -3.85. The number of nitro groups is 1. The number of ether oxygens (including phenoxy) is 1. The van der Waals surface area contributed by atoms with Gasteiger partial charge in [-0.25, -0.2) is 0 Å². The smallest absolute Gasteiger partial charge is 0.270 e. The molecule has 0 saturated carbocycles. The Balaban J connectivity index is 1.65. The monoisotopic (exact) mass is 461 g/mol. The summed E-state index contributed by atoms with van der Waals surface area (Å²) in [5.74, 6) is -2.76. The normalized spacial score (nSPS) is 25.1. The molecule has 174 valence electrons. The number of hydrogen-bond acceptors (Lipinski definition) is 7. The summed E-state index contributed by atoms with van der Waals surface area (Å²) in [6.45, 7) is 2.27. The zero-order chi connectivity index (χ0) is 24.1. The van der Waals surface area contributed by atoms with Crippen LogP contribution < -0.4 is 4.90 Å². The van der Waals surface area contributed by atoms with Gasteiger partial charge in [0.25, 0.3) is 5.69 Å². The molecule has 2 amide bonds. The van der Waals surface area contributed by atoms with Crippen LogP contribution in [0.3, 0.4) is 0 Å². The van der Waals surface area contributed by atoms with E-state index in [1.54, 1.807) is 0 Å². The summed E-state index contributed by atoms with van der Waals surface area (Å²) in [4.78, 5) is 54.6. The predicted molar refractivity (Wildman–Crippen MR) is 123 cm³/mol. The highest BCUT2D eigenvalue weighted by molar-refractivity contribution is 6.14. The molecule has 0 bridgehead atoms. The molecule has 3 heterocycles. The minimum Gasteiger partial charge on any atom is -0.383 e. The summed E-state index contributed by atoms with van der Waals surface area (Å²) in [5.41, 5.74) is 2.59. The van der Waals surface area contributed by atoms with Crippen LogP contribution in [-0.2, 0) is 14.3 Å². The van der Waals surface area contributed by atoms with Crippen molar-refractivity contribution in [2.24, 2.45) is 11.8 Å². The Morgan fingerprint density at radius 3 is 2.56 bits per heavy atom. The Labute approximate surface area is 195 Å². The van der Waals surface area contributed by atoms with E-state index < -0.39 is 40.5 Å². The Bertz CT molecular complexity index is 1250. The third kappa shape index (κ3) is 3.15. The van der Waals surface area contributed by atoms with E-state index in [2.05, 4.69) is 0 Å². The second kappa shape index (κ2) is 8.18. The second-order valence-corrected chi connectivity index (χ2v) is 8.75. The number of benzene rings is 2. The fourth-order valence-electron chi connectivity index (χ4n) is 5.51. The number of methoxy groups -OCH3 is 1. The third-order valence-corrected chi connectivity index (χ3v) is 6.98. The van der Waals surface area contributed by atoms with Gasteiger partial charge >= 0.3 is 0 Å². The van der Waals surface area contributed by atoms with Crippen LogP contribution in [0, 0.1) is 22.0 Å². The second-order valence-electron chi connectivity index (χ2n) is 8.75.